The van der Waals surface area contributed by atoms with Crippen molar-refractivity contribution in [3.05, 3.63) is 54.1 Å². The fourth-order valence-corrected chi connectivity index (χ4v) is 2.76. The zero-order chi connectivity index (χ0) is 11.5. The van der Waals surface area contributed by atoms with Gasteiger partial charge in [0, 0.05) is 9.93 Å². The van der Waals surface area contributed by atoms with Crippen LogP contribution < -0.4 is 0 Å². The molecule has 0 bridgehead atoms. The third-order valence-corrected chi connectivity index (χ3v) is 3.95. The molecular formula is C13H11ClOS. The van der Waals surface area contributed by atoms with E-state index in [2.05, 4.69) is 6.58 Å². The molecule has 0 amide bonds. The summed E-state index contributed by atoms with van der Waals surface area (Å²) in [5.74, 6) is 0.305. The predicted octanol–water partition coefficient (Wildman–Crippen LogP) is 3.70. The summed E-state index contributed by atoms with van der Waals surface area (Å²) < 4.78 is 11.9. The van der Waals surface area contributed by atoms with Gasteiger partial charge in [0.2, 0.25) is 0 Å². The highest BCUT2D eigenvalue weighted by Crippen LogP contribution is 2.19. The van der Waals surface area contributed by atoms with Gasteiger partial charge in [-0.25, -0.2) is 0 Å². The van der Waals surface area contributed by atoms with Gasteiger partial charge in [0.15, 0.2) is 0 Å². The van der Waals surface area contributed by atoms with E-state index < -0.39 is 10.8 Å². The molecular weight excluding hydrogens is 240 g/mol. The van der Waals surface area contributed by atoms with Crippen molar-refractivity contribution in [1.82, 2.24) is 0 Å². The van der Waals surface area contributed by atoms with Gasteiger partial charge in [-0.15, -0.1) is 0 Å². The molecule has 0 N–H and O–H groups in total. The number of hydrogen-bond donors (Lipinski definition) is 0. The minimum Gasteiger partial charge on any atom is -0.254 e. The molecule has 0 aliphatic heterocycles. The van der Waals surface area contributed by atoms with Crippen LogP contribution >= 0.6 is 11.6 Å². The van der Waals surface area contributed by atoms with E-state index in [0.29, 0.717) is 10.8 Å². The summed E-state index contributed by atoms with van der Waals surface area (Å²) >= 11 is 5.65. The first-order chi connectivity index (χ1) is 7.66. The average Bonchev–Trinajstić information content (AvgIpc) is 2.27. The molecule has 0 fully saturated rings. The molecule has 2 rings (SSSR count). The van der Waals surface area contributed by atoms with Crippen molar-refractivity contribution in [2.24, 2.45) is 0 Å². The smallest absolute Gasteiger partial charge is 0.0634 e. The molecule has 0 saturated heterocycles. The van der Waals surface area contributed by atoms with Crippen LogP contribution in [0.2, 0.25) is 0 Å². The second-order valence-electron chi connectivity index (χ2n) is 3.52. The van der Waals surface area contributed by atoms with Crippen LogP contribution in [0.5, 0.6) is 0 Å². The summed E-state index contributed by atoms with van der Waals surface area (Å²) in [6, 6.07) is 13.8. The highest BCUT2D eigenvalue weighted by molar-refractivity contribution is 7.85. The third kappa shape index (κ3) is 2.52. The Hall–Kier alpha value is -1.12. The van der Waals surface area contributed by atoms with Crippen LogP contribution in [0.25, 0.3) is 10.8 Å². The molecule has 82 valence electrons. The van der Waals surface area contributed by atoms with Gasteiger partial charge >= 0.3 is 0 Å². The van der Waals surface area contributed by atoms with Gasteiger partial charge in [-0.05, 0) is 22.9 Å². The molecule has 0 heterocycles. The van der Waals surface area contributed by atoms with Gasteiger partial charge in [-0.3, -0.25) is 4.21 Å². The molecule has 0 radical (unpaired) electrons. The van der Waals surface area contributed by atoms with Crippen LogP contribution in [-0.2, 0) is 10.8 Å². The van der Waals surface area contributed by atoms with Gasteiger partial charge in [0.05, 0.1) is 16.6 Å². The first-order valence-corrected chi connectivity index (χ1v) is 6.57. The fourth-order valence-electron chi connectivity index (χ4n) is 1.53. The van der Waals surface area contributed by atoms with Crippen LogP contribution in [0.1, 0.15) is 0 Å². The van der Waals surface area contributed by atoms with E-state index in [4.69, 9.17) is 11.6 Å². The van der Waals surface area contributed by atoms with Crippen LogP contribution in [0.3, 0.4) is 0 Å². The standard InChI is InChI=1S/C13H11ClOS/c1-10(14)9-16(15)13-7-6-11-4-2-3-5-12(11)8-13/h2-8H,1,9H2. The van der Waals surface area contributed by atoms with Crippen LogP contribution in [-0.4, -0.2) is 9.96 Å². The molecule has 0 aliphatic rings. The van der Waals surface area contributed by atoms with E-state index >= 15 is 0 Å². The second kappa shape index (κ2) is 4.81. The number of rotatable bonds is 3. The Bertz CT molecular complexity index is 563. The largest absolute Gasteiger partial charge is 0.254 e. The number of benzene rings is 2. The van der Waals surface area contributed by atoms with E-state index in [1.165, 1.54) is 0 Å². The molecule has 16 heavy (non-hydrogen) atoms. The summed E-state index contributed by atoms with van der Waals surface area (Å²) in [4.78, 5) is 0.792. The predicted molar refractivity (Wildman–Crippen MR) is 70.2 cm³/mol. The van der Waals surface area contributed by atoms with Crippen molar-refractivity contribution in [3.8, 4) is 0 Å². The Morgan fingerprint density at radius 3 is 2.56 bits per heavy atom. The summed E-state index contributed by atoms with van der Waals surface area (Å²) in [6.07, 6.45) is 0. The Balaban J connectivity index is 2.39. The molecule has 1 nitrogen and oxygen atoms in total. The van der Waals surface area contributed by atoms with Crippen molar-refractivity contribution in [3.63, 3.8) is 0 Å². The minimum absolute atomic E-state index is 0.305. The first-order valence-electron chi connectivity index (χ1n) is 4.87. The molecule has 0 spiro atoms. The van der Waals surface area contributed by atoms with Crippen molar-refractivity contribution in [2.45, 2.75) is 4.90 Å². The van der Waals surface area contributed by atoms with E-state index in [1.54, 1.807) is 0 Å². The Morgan fingerprint density at radius 2 is 1.88 bits per heavy atom. The van der Waals surface area contributed by atoms with Crippen LogP contribution in [0.15, 0.2) is 59.0 Å². The lowest BCUT2D eigenvalue weighted by Crippen LogP contribution is -1.97. The van der Waals surface area contributed by atoms with Gasteiger partial charge in [-0.1, -0.05) is 48.5 Å². The van der Waals surface area contributed by atoms with E-state index in [0.717, 1.165) is 15.7 Å². The fraction of sp³-hybridized carbons (Fsp3) is 0.0769. The number of fused-ring (bicyclic) bond motifs is 1. The van der Waals surface area contributed by atoms with Crippen molar-refractivity contribution in [2.75, 3.05) is 5.75 Å². The van der Waals surface area contributed by atoms with Gasteiger partial charge < -0.3 is 0 Å². The highest BCUT2D eigenvalue weighted by Gasteiger charge is 2.05. The van der Waals surface area contributed by atoms with Crippen LogP contribution in [0, 0.1) is 0 Å². The van der Waals surface area contributed by atoms with Crippen molar-refractivity contribution >= 4 is 33.2 Å². The average molecular weight is 251 g/mol. The molecule has 3 heteroatoms. The molecule has 0 saturated carbocycles. The lowest BCUT2D eigenvalue weighted by atomic mass is 10.1. The zero-order valence-corrected chi connectivity index (χ0v) is 10.2. The highest BCUT2D eigenvalue weighted by atomic mass is 35.5. The Labute approximate surface area is 102 Å². The molecule has 1 atom stereocenters. The molecule has 0 aromatic heterocycles. The van der Waals surface area contributed by atoms with Crippen molar-refractivity contribution in [1.29, 1.82) is 0 Å². The number of halogens is 1. The van der Waals surface area contributed by atoms with Gasteiger partial charge in [-0.2, -0.15) is 0 Å². The zero-order valence-electron chi connectivity index (χ0n) is 8.65. The van der Waals surface area contributed by atoms with E-state index in [-0.39, 0.29) is 0 Å². The monoisotopic (exact) mass is 250 g/mol. The third-order valence-electron chi connectivity index (χ3n) is 2.27. The molecule has 1 unspecified atom stereocenters. The van der Waals surface area contributed by atoms with Crippen molar-refractivity contribution < 1.29 is 4.21 Å². The SMILES string of the molecule is C=C(Cl)CS(=O)c1ccc2ccccc2c1. The minimum atomic E-state index is -1.10. The van der Waals surface area contributed by atoms with Gasteiger partial charge in [0.25, 0.3) is 0 Å². The van der Waals surface area contributed by atoms with Crippen LogP contribution in [0.4, 0.5) is 0 Å². The summed E-state index contributed by atoms with van der Waals surface area (Å²) in [6.45, 7) is 3.56. The summed E-state index contributed by atoms with van der Waals surface area (Å²) in [5, 5.41) is 2.66. The summed E-state index contributed by atoms with van der Waals surface area (Å²) in [5.41, 5.74) is 0. The maximum atomic E-state index is 11.9. The lowest BCUT2D eigenvalue weighted by Gasteiger charge is -2.03. The van der Waals surface area contributed by atoms with E-state index in [1.807, 2.05) is 42.5 Å². The topological polar surface area (TPSA) is 17.1 Å². The number of hydrogen-bond acceptors (Lipinski definition) is 1. The lowest BCUT2D eigenvalue weighted by molar-refractivity contribution is 0.685. The summed E-state index contributed by atoms with van der Waals surface area (Å²) in [7, 11) is -1.10. The molecule has 0 aliphatic carbocycles. The maximum Gasteiger partial charge on any atom is 0.0634 e. The molecule has 2 aromatic rings. The normalized spacial score (nSPS) is 12.6. The van der Waals surface area contributed by atoms with E-state index in [9.17, 15) is 4.21 Å². The molecule has 2 aromatic carbocycles. The second-order valence-corrected chi connectivity index (χ2v) is 5.50. The quantitative estimate of drug-likeness (QED) is 0.812. The Morgan fingerprint density at radius 1 is 1.19 bits per heavy atom. The first kappa shape index (κ1) is 11.4. The maximum absolute atomic E-state index is 11.9. The Kier molecular flexibility index (Phi) is 3.42. The van der Waals surface area contributed by atoms with Gasteiger partial charge in [0.1, 0.15) is 0 Å².